The van der Waals surface area contributed by atoms with Gasteiger partial charge in [0, 0.05) is 23.3 Å². The molecule has 26 heavy (non-hydrogen) atoms. The summed E-state index contributed by atoms with van der Waals surface area (Å²) in [5, 5.41) is 12.5. The minimum Gasteiger partial charge on any atom is -0.346 e. The quantitative estimate of drug-likeness (QED) is 0.662. The first-order valence-corrected chi connectivity index (χ1v) is 8.76. The van der Waals surface area contributed by atoms with Gasteiger partial charge in [0.2, 0.25) is 5.91 Å². The zero-order valence-electron chi connectivity index (χ0n) is 15.0. The molecule has 2 aromatic heterocycles. The van der Waals surface area contributed by atoms with Crippen LogP contribution in [0.3, 0.4) is 0 Å². The number of rotatable bonds is 6. The zero-order valence-corrected chi connectivity index (χ0v) is 15.0. The molecule has 0 aliphatic rings. The van der Waals surface area contributed by atoms with Crippen molar-refractivity contribution in [3.05, 3.63) is 54.4 Å². The minimum atomic E-state index is -0.271. The summed E-state index contributed by atoms with van der Waals surface area (Å²) in [6.45, 7) is 4.22. The van der Waals surface area contributed by atoms with E-state index < -0.39 is 0 Å². The maximum absolute atomic E-state index is 12.5. The summed E-state index contributed by atoms with van der Waals surface area (Å²) in [5.41, 5.74) is 3.86. The highest BCUT2D eigenvalue weighted by molar-refractivity contribution is 5.85. The molecule has 132 valence electrons. The Morgan fingerprint density at radius 3 is 2.88 bits per heavy atom. The van der Waals surface area contributed by atoms with E-state index in [4.69, 9.17) is 5.26 Å². The van der Waals surface area contributed by atoms with Gasteiger partial charge >= 0.3 is 0 Å². The number of hydrogen-bond donors (Lipinski definition) is 2. The highest BCUT2D eigenvalue weighted by atomic mass is 16.1. The van der Waals surface area contributed by atoms with Gasteiger partial charge in [0.05, 0.1) is 12.0 Å². The molecule has 0 aliphatic carbocycles. The minimum absolute atomic E-state index is 0.0290. The number of carbonyl (C=O) groups is 1. The van der Waals surface area contributed by atoms with Crippen LogP contribution < -0.4 is 5.32 Å². The Kier molecular flexibility index (Phi) is 5.33. The third-order valence-corrected chi connectivity index (χ3v) is 4.39. The van der Waals surface area contributed by atoms with Gasteiger partial charge in [0.1, 0.15) is 12.2 Å². The summed E-state index contributed by atoms with van der Waals surface area (Å²) in [6, 6.07) is 14.1. The zero-order chi connectivity index (χ0) is 18.5. The van der Waals surface area contributed by atoms with Gasteiger partial charge in [-0.3, -0.25) is 4.79 Å². The fraction of sp³-hybridized carbons (Fsp3) is 0.286. The summed E-state index contributed by atoms with van der Waals surface area (Å²) >= 11 is 0. The van der Waals surface area contributed by atoms with E-state index in [0.717, 1.165) is 34.1 Å². The number of fused-ring (bicyclic) bond motifs is 1. The van der Waals surface area contributed by atoms with E-state index in [1.807, 2.05) is 42.7 Å². The number of pyridine rings is 1. The predicted octanol–water partition coefficient (Wildman–Crippen LogP) is 4.00. The lowest BCUT2D eigenvalue weighted by molar-refractivity contribution is -0.122. The average Bonchev–Trinajstić information content (AvgIpc) is 3.12. The number of nitrogens with zero attached hydrogens (tertiary/aromatic N) is 2. The molecular formula is C21H22N4O. The van der Waals surface area contributed by atoms with Gasteiger partial charge in [0.15, 0.2) is 0 Å². The van der Waals surface area contributed by atoms with Crippen LogP contribution in [0.4, 0.5) is 0 Å². The van der Waals surface area contributed by atoms with Crippen molar-refractivity contribution in [2.45, 2.75) is 26.2 Å². The first-order chi connectivity index (χ1) is 12.6. The predicted molar refractivity (Wildman–Crippen MR) is 102 cm³/mol. The fourth-order valence-electron chi connectivity index (χ4n) is 3.15. The third kappa shape index (κ3) is 3.92. The Hall–Kier alpha value is -3.13. The van der Waals surface area contributed by atoms with Crippen LogP contribution in [0.5, 0.6) is 0 Å². The standard InChI is InChI=1S/C21H22N4O/c1-14(2)10-19(21(26)24-9-7-22)16-5-3-4-15(11-16)18-12-17-6-8-23-20(17)25-13-18/h3-6,8,11-14,19H,9-10H2,1-2H3,(H,23,25)(H,24,26). The summed E-state index contributed by atoms with van der Waals surface area (Å²) < 4.78 is 0. The molecular weight excluding hydrogens is 324 g/mol. The first kappa shape index (κ1) is 17.7. The van der Waals surface area contributed by atoms with Crippen molar-refractivity contribution in [3.63, 3.8) is 0 Å². The van der Waals surface area contributed by atoms with Crippen LogP contribution in [0.15, 0.2) is 48.8 Å². The highest BCUT2D eigenvalue weighted by Gasteiger charge is 2.22. The number of aromatic amines is 1. The molecule has 5 nitrogen and oxygen atoms in total. The van der Waals surface area contributed by atoms with E-state index >= 15 is 0 Å². The van der Waals surface area contributed by atoms with Gasteiger partial charge in [-0.2, -0.15) is 5.26 Å². The van der Waals surface area contributed by atoms with Gasteiger partial charge < -0.3 is 10.3 Å². The number of amides is 1. The average molecular weight is 346 g/mol. The van der Waals surface area contributed by atoms with Crippen molar-refractivity contribution in [2.24, 2.45) is 5.92 Å². The SMILES string of the molecule is CC(C)CC(C(=O)NCC#N)c1cccc(-c2cnc3[nH]ccc3c2)c1. The normalized spacial score (nSPS) is 12.1. The fourth-order valence-corrected chi connectivity index (χ4v) is 3.15. The Labute approximate surface area is 153 Å². The van der Waals surface area contributed by atoms with Crippen molar-refractivity contribution in [2.75, 3.05) is 6.54 Å². The summed E-state index contributed by atoms with van der Waals surface area (Å²) in [6.07, 6.45) is 4.44. The highest BCUT2D eigenvalue weighted by Crippen LogP contribution is 2.29. The molecule has 2 heterocycles. The van der Waals surface area contributed by atoms with Crippen LogP contribution in [0.2, 0.25) is 0 Å². The molecule has 0 saturated carbocycles. The molecule has 0 fully saturated rings. The number of nitrogens with one attached hydrogen (secondary N) is 2. The molecule has 0 saturated heterocycles. The van der Waals surface area contributed by atoms with Gasteiger partial charge in [-0.05, 0) is 35.6 Å². The van der Waals surface area contributed by atoms with E-state index in [0.29, 0.717) is 5.92 Å². The lowest BCUT2D eigenvalue weighted by Crippen LogP contribution is -2.30. The maximum Gasteiger partial charge on any atom is 0.228 e. The van der Waals surface area contributed by atoms with Crippen molar-refractivity contribution in [1.82, 2.24) is 15.3 Å². The maximum atomic E-state index is 12.5. The van der Waals surface area contributed by atoms with E-state index in [9.17, 15) is 4.79 Å². The number of aromatic nitrogens is 2. The second-order valence-corrected chi connectivity index (χ2v) is 6.82. The Balaban J connectivity index is 1.94. The summed E-state index contributed by atoms with van der Waals surface area (Å²) in [7, 11) is 0. The third-order valence-electron chi connectivity index (χ3n) is 4.39. The largest absolute Gasteiger partial charge is 0.346 e. The summed E-state index contributed by atoms with van der Waals surface area (Å²) in [5.74, 6) is -0.00164. The molecule has 0 aliphatic heterocycles. The van der Waals surface area contributed by atoms with E-state index in [2.05, 4.69) is 41.3 Å². The van der Waals surface area contributed by atoms with Gasteiger partial charge in [0.25, 0.3) is 0 Å². The van der Waals surface area contributed by atoms with E-state index in [1.165, 1.54) is 0 Å². The molecule has 5 heteroatoms. The van der Waals surface area contributed by atoms with Crippen molar-refractivity contribution >= 4 is 16.9 Å². The van der Waals surface area contributed by atoms with Crippen LogP contribution in [0, 0.1) is 17.2 Å². The number of nitriles is 1. The van der Waals surface area contributed by atoms with Crippen molar-refractivity contribution in [1.29, 1.82) is 5.26 Å². The lowest BCUT2D eigenvalue weighted by Gasteiger charge is -2.19. The molecule has 2 N–H and O–H groups in total. The second-order valence-electron chi connectivity index (χ2n) is 6.82. The molecule has 3 aromatic rings. The molecule has 0 spiro atoms. The first-order valence-electron chi connectivity index (χ1n) is 8.76. The van der Waals surface area contributed by atoms with Gasteiger partial charge in [-0.15, -0.1) is 0 Å². The number of hydrogen-bond acceptors (Lipinski definition) is 3. The van der Waals surface area contributed by atoms with Crippen LogP contribution >= 0.6 is 0 Å². The molecule has 0 bridgehead atoms. The van der Waals surface area contributed by atoms with Crippen molar-refractivity contribution in [3.8, 4) is 17.2 Å². The monoisotopic (exact) mass is 346 g/mol. The number of carbonyl (C=O) groups excluding carboxylic acids is 1. The van der Waals surface area contributed by atoms with Crippen molar-refractivity contribution < 1.29 is 4.79 Å². The molecule has 1 amide bonds. The number of benzene rings is 1. The van der Waals surface area contributed by atoms with Crippen LogP contribution in [-0.2, 0) is 4.79 Å². The topological polar surface area (TPSA) is 81.6 Å². The van der Waals surface area contributed by atoms with Crippen LogP contribution in [-0.4, -0.2) is 22.4 Å². The lowest BCUT2D eigenvalue weighted by atomic mass is 9.88. The molecule has 1 unspecified atom stereocenters. The Bertz CT molecular complexity index is 952. The van der Waals surface area contributed by atoms with Gasteiger partial charge in [-0.1, -0.05) is 38.1 Å². The van der Waals surface area contributed by atoms with E-state index in [-0.39, 0.29) is 18.4 Å². The van der Waals surface area contributed by atoms with Crippen LogP contribution in [0.1, 0.15) is 31.7 Å². The Morgan fingerprint density at radius 2 is 2.12 bits per heavy atom. The number of H-pyrrole nitrogens is 1. The molecule has 0 radical (unpaired) electrons. The molecule has 1 atom stereocenters. The molecule has 3 rings (SSSR count). The smallest absolute Gasteiger partial charge is 0.228 e. The van der Waals surface area contributed by atoms with Crippen LogP contribution in [0.25, 0.3) is 22.2 Å². The Morgan fingerprint density at radius 1 is 1.27 bits per heavy atom. The van der Waals surface area contributed by atoms with E-state index in [1.54, 1.807) is 0 Å². The van der Waals surface area contributed by atoms with Gasteiger partial charge in [-0.25, -0.2) is 4.98 Å². The molecule has 1 aromatic carbocycles. The second kappa shape index (κ2) is 7.83. The summed E-state index contributed by atoms with van der Waals surface area (Å²) in [4.78, 5) is 20.1.